The summed E-state index contributed by atoms with van der Waals surface area (Å²) in [6, 6.07) is 88.4. The van der Waals surface area contributed by atoms with Gasteiger partial charge in [0.05, 0.1) is 85.3 Å². The van der Waals surface area contributed by atoms with Crippen LogP contribution in [0.1, 0.15) is 0 Å². The first-order valence-electron chi connectivity index (χ1n) is 27.2. The second kappa shape index (κ2) is 18.1. The Morgan fingerprint density at radius 2 is 0.593 bits per heavy atom. The SMILES string of the molecule is CN1c2ccccc2N(c2cc(-c3cccc(-c4nc5ccccc5o4)c3)c(N3c4ccccc4N(C)c4ccccc43)c(-c3cccc(-c4nc5ccccc5o4)c3)c2N2c3ccccc3N(C)c3ccccc32)c2ccccc21. The molecule has 0 spiro atoms. The van der Waals surface area contributed by atoms with E-state index in [4.69, 9.17) is 18.8 Å². The van der Waals surface area contributed by atoms with Gasteiger partial charge in [-0.05, 0) is 139 Å². The summed E-state index contributed by atoms with van der Waals surface area (Å²) in [4.78, 5) is 24.6. The number of hydrogen-bond acceptors (Lipinski definition) is 10. The molecule has 0 radical (unpaired) electrons. The Bertz CT molecular complexity index is 4470. The number of aromatic nitrogens is 2. The van der Waals surface area contributed by atoms with Gasteiger partial charge in [0, 0.05) is 43.4 Å². The smallest absolute Gasteiger partial charge is 0.227 e. The van der Waals surface area contributed by atoms with Crippen molar-refractivity contribution in [1.82, 2.24) is 9.97 Å². The third-order valence-electron chi connectivity index (χ3n) is 16.3. The minimum absolute atomic E-state index is 0.538. The molecule has 0 saturated heterocycles. The molecule has 0 fully saturated rings. The average molecular weight is 1050 g/mol. The molecule has 0 bridgehead atoms. The Labute approximate surface area is 468 Å². The van der Waals surface area contributed by atoms with E-state index in [0.717, 1.165) is 141 Å². The molecule has 0 amide bonds. The van der Waals surface area contributed by atoms with Gasteiger partial charge in [-0.2, -0.15) is 0 Å². The molecule has 81 heavy (non-hydrogen) atoms. The number of rotatable bonds is 7. The second-order valence-electron chi connectivity index (χ2n) is 20.8. The van der Waals surface area contributed by atoms with Crippen molar-refractivity contribution in [1.29, 1.82) is 0 Å². The van der Waals surface area contributed by atoms with E-state index in [0.29, 0.717) is 11.8 Å². The van der Waals surface area contributed by atoms with Crippen LogP contribution in [0.3, 0.4) is 0 Å². The van der Waals surface area contributed by atoms with E-state index in [1.54, 1.807) is 0 Å². The highest BCUT2D eigenvalue weighted by atomic mass is 16.4. The quantitative estimate of drug-likeness (QED) is 0.154. The van der Waals surface area contributed by atoms with Crippen LogP contribution >= 0.6 is 0 Å². The molecule has 0 saturated carbocycles. The molecule has 3 aliphatic heterocycles. The predicted octanol–water partition coefficient (Wildman–Crippen LogP) is 19.3. The zero-order valence-corrected chi connectivity index (χ0v) is 44.6. The van der Waals surface area contributed by atoms with E-state index < -0.39 is 0 Å². The summed E-state index contributed by atoms with van der Waals surface area (Å²) in [5.74, 6) is 1.08. The Morgan fingerprint density at radius 1 is 0.272 bits per heavy atom. The minimum Gasteiger partial charge on any atom is -0.436 e. The molecule has 0 N–H and O–H groups in total. The van der Waals surface area contributed by atoms with Crippen LogP contribution < -0.4 is 29.4 Å². The van der Waals surface area contributed by atoms with Crippen LogP contribution in [0, 0.1) is 0 Å². The zero-order chi connectivity index (χ0) is 53.9. The topological polar surface area (TPSA) is 71.5 Å². The summed E-state index contributed by atoms with van der Waals surface area (Å²) < 4.78 is 13.2. The van der Waals surface area contributed by atoms with Crippen LogP contribution in [0.15, 0.2) is 258 Å². The highest BCUT2D eigenvalue weighted by Gasteiger charge is 2.40. The van der Waals surface area contributed by atoms with Crippen LogP contribution in [0.4, 0.5) is 85.3 Å². The number of anilines is 15. The van der Waals surface area contributed by atoms with Crippen LogP contribution in [-0.4, -0.2) is 31.1 Å². The van der Waals surface area contributed by atoms with Gasteiger partial charge in [0.15, 0.2) is 11.2 Å². The predicted molar refractivity (Wildman–Crippen MR) is 332 cm³/mol. The lowest BCUT2D eigenvalue weighted by atomic mass is 9.88. The molecule has 0 atom stereocenters. The molecule has 10 nitrogen and oxygen atoms in total. The molecule has 0 aliphatic carbocycles. The number of para-hydroxylation sites is 16. The zero-order valence-electron chi connectivity index (χ0n) is 44.6. The van der Waals surface area contributed by atoms with Crippen molar-refractivity contribution >= 4 is 108 Å². The van der Waals surface area contributed by atoms with Crippen LogP contribution in [-0.2, 0) is 0 Å². The number of hydrogen-bond donors (Lipinski definition) is 0. The van der Waals surface area contributed by atoms with Gasteiger partial charge in [-0.3, -0.25) is 0 Å². The van der Waals surface area contributed by atoms with Crippen molar-refractivity contribution in [3.05, 3.63) is 249 Å². The van der Waals surface area contributed by atoms with E-state index >= 15 is 0 Å². The third-order valence-corrected chi connectivity index (χ3v) is 16.3. The van der Waals surface area contributed by atoms with Crippen molar-refractivity contribution in [2.45, 2.75) is 0 Å². The summed E-state index contributed by atoms with van der Waals surface area (Å²) in [6.07, 6.45) is 0. The lowest BCUT2D eigenvalue weighted by molar-refractivity contribution is 0.619. The summed E-state index contributed by atoms with van der Waals surface area (Å²) in [5, 5.41) is 0. The fourth-order valence-electron chi connectivity index (χ4n) is 12.5. The largest absolute Gasteiger partial charge is 0.436 e. The highest BCUT2D eigenvalue weighted by molar-refractivity contribution is 6.16. The summed E-state index contributed by atoms with van der Waals surface area (Å²) in [6.45, 7) is 0. The monoisotopic (exact) mass is 1050 g/mol. The second-order valence-corrected chi connectivity index (χ2v) is 20.8. The Balaban J connectivity index is 1.13. The van der Waals surface area contributed by atoms with Crippen LogP contribution in [0.25, 0.3) is 67.4 Å². The van der Waals surface area contributed by atoms with Crippen molar-refractivity contribution in [3.8, 4) is 45.2 Å². The lowest BCUT2D eigenvalue weighted by Crippen LogP contribution is -2.29. The van der Waals surface area contributed by atoms with E-state index in [2.05, 4.69) is 251 Å². The molecular formula is C71H50N8O2. The third kappa shape index (κ3) is 7.13. The van der Waals surface area contributed by atoms with Crippen molar-refractivity contribution in [2.24, 2.45) is 0 Å². The minimum atomic E-state index is 0.538. The van der Waals surface area contributed by atoms with E-state index in [9.17, 15) is 0 Å². The van der Waals surface area contributed by atoms with Crippen molar-refractivity contribution in [2.75, 3.05) is 50.5 Å². The Hall–Kier alpha value is -10.8. The maximum absolute atomic E-state index is 6.65. The summed E-state index contributed by atoms with van der Waals surface area (Å²) in [7, 11) is 6.50. The molecule has 11 aromatic carbocycles. The van der Waals surface area contributed by atoms with Gasteiger partial charge >= 0.3 is 0 Å². The van der Waals surface area contributed by atoms with Gasteiger partial charge in [0.2, 0.25) is 11.8 Å². The maximum Gasteiger partial charge on any atom is 0.227 e. The van der Waals surface area contributed by atoms with Crippen LogP contribution in [0.2, 0.25) is 0 Å². The Kier molecular flexibility index (Phi) is 10.4. The van der Waals surface area contributed by atoms with Gasteiger partial charge in [-0.25, -0.2) is 9.97 Å². The number of oxazole rings is 2. The van der Waals surface area contributed by atoms with E-state index in [-0.39, 0.29) is 0 Å². The highest BCUT2D eigenvalue weighted by Crippen LogP contribution is 2.65. The van der Waals surface area contributed by atoms with Crippen molar-refractivity contribution in [3.63, 3.8) is 0 Å². The van der Waals surface area contributed by atoms with Gasteiger partial charge in [0.1, 0.15) is 11.0 Å². The van der Waals surface area contributed by atoms with Gasteiger partial charge in [0.25, 0.3) is 0 Å². The lowest BCUT2D eigenvalue weighted by Gasteiger charge is -2.45. The van der Waals surface area contributed by atoms with Crippen LogP contribution in [0.5, 0.6) is 0 Å². The molecule has 0 unspecified atom stereocenters. The molecule has 13 aromatic rings. The van der Waals surface area contributed by atoms with Gasteiger partial charge in [-0.15, -0.1) is 0 Å². The molecule has 3 aliphatic rings. The molecule has 2 aromatic heterocycles. The normalized spacial score (nSPS) is 13.2. The first-order valence-corrected chi connectivity index (χ1v) is 27.2. The first-order chi connectivity index (χ1) is 39.9. The molecule has 10 heteroatoms. The fraction of sp³-hybridized carbons (Fsp3) is 0.0423. The first kappa shape index (κ1) is 46.3. The number of fused-ring (bicyclic) bond motifs is 8. The number of benzene rings is 11. The fourth-order valence-corrected chi connectivity index (χ4v) is 12.5. The Morgan fingerprint density at radius 3 is 1.00 bits per heavy atom. The standard InChI is InChI=1S/C71H50N8O2/c1-74-52-28-6-12-34-58(52)77(59-35-13-7-29-53(59)74)64-44-49(45-22-20-24-47(42-45)70-72-50-26-4-18-40-65(50)80-70)68(78-60-36-14-8-30-54(60)75(2)55-31-9-15-37-61(55)78)67(46-23-21-25-48(43-46)71-73-51-27-5-19-41-66(51)81-71)69(64)79-62-38-16-10-32-56(62)76(3)57-33-11-17-39-63(57)79/h4-44H,1-3H3. The van der Waals surface area contributed by atoms with E-state index in [1.807, 2.05) is 48.5 Å². The van der Waals surface area contributed by atoms with Crippen molar-refractivity contribution < 1.29 is 8.83 Å². The maximum atomic E-state index is 6.65. The number of nitrogens with zero attached hydrogens (tertiary/aromatic N) is 8. The van der Waals surface area contributed by atoms with Gasteiger partial charge in [-0.1, -0.05) is 121 Å². The molecule has 386 valence electrons. The van der Waals surface area contributed by atoms with Gasteiger partial charge < -0.3 is 38.2 Å². The molecule has 5 heterocycles. The average Bonchev–Trinajstić information content (AvgIpc) is 2.77. The summed E-state index contributed by atoms with van der Waals surface area (Å²) in [5.41, 5.74) is 24.2. The molecule has 16 rings (SSSR count). The summed E-state index contributed by atoms with van der Waals surface area (Å²) >= 11 is 0. The molecular weight excluding hydrogens is 997 g/mol. The van der Waals surface area contributed by atoms with E-state index in [1.165, 1.54) is 0 Å².